The number of nitrogens with zero attached hydrogens (tertiary/aromatic N) is 5. The molecular formula is C42H27N5. The van der Waals surface area contributed by atoms with Gasteiger partial charge in [0.25, 0.3) is 0 Å². The summed E-state index contributed by atoms with van der Waals surface area (Å²) in [5.74, 6) is 2.65. The van der Waals surface area contributed by atoms with E-state index in [9.17, 15) is 0 Å². The molecule has 9 rings (SSSR count). The molecule has 0 unspecified atom stereocenters. The lowest BCUT2D eigenvalue weighted by molar-refractivity contribution is 1.05. The summed E-state index contributed by atoms with van der Waals surface area (Å²) in [6, 6.07) is 54.4. The van der Waals surface area contributed by atoms with Crippen molar-refractivity contribution >= 4 is 32.6 Å². The van der Waals surface area contributed by atoms with Crippen molar-refractivity contribution in [1.29, 1.82) is 0 Å². The molecule has 0 N–H and O–H groups in total. The van der Waals surface area contributed by atoms with Gasteiger partial charge in [-0.25, -0.2) is 19.9 Å². The van der Waals surface area contributed by atoms with Crippen LogP contribution in [0.2, 0.25) is 0 Å². The number of hydrogen-bond acceptors (Lipinski definition) is 4. The van der Waals surface area contributed by atoms with E-state index in [0.29, 0.717) is 17.5 Å². The van der Waals surface area contributed by atoms with Gasteiger partial charge in [0.1, 0.15) is 5.82 Å². The SMILES string of the molecule is c1ccc(-c2ccc3c4c5ccccc5ccc4n(-c4cc(-c5nc(-c6ccccc6)nc(-c6ccccc6)n5)ccn4)c3c2)cc1. The minimum atomic E-state index is 0.595. The van der Waals surface area contributed by atoms with Gasteiger partial charge in [0, 0.05) is 33.7 Å². The van der Waals surface area contributed by atoms with E-state index in [4.69, 9.17) is 19.9 Å². The summed E-state index contributed by atoms with van der Waals surface area (Å²) in [6.07, 6.45) is 1.85. The summed E-state index contributed by atoms with van der Waals surface area (Å²) in [6.45, 7) is 0. The van der Waals surface area contributed by atoms with Gasteiger partial charge >= 0.3 is 0 Å². The molecule has 9 aromatic rings. The first-order valence-corrected chi connectivity index (χ1v) is 15.7. The minimum absolute atomic E-state index is 0.595. The van der Waals surface area contributed by atoms with Gasteiger partial charge in [-0.1, -0.05) is 133 Å². The van der Waals surface area contributed by atoms with E-state index in [1.807, 2.05) is 79.0 Å². The number of fused-ring (bicyclic) bond motifs is 5. The Morgan fingerprint density at radius 2 is 0.979 bits per heavy atom. The third kappa shape index (κ3) is 4.73. The molecule has 0 aliphatic carbocycles. The first-order chi connectivity index (χ1) is 23.3. The van der Waals surface area contributed by atoms with Gasteiger partial charge in [-0.15, -0.1) is 0 Å². The smallest absolute Gasteiger partial charge is 0.164 e. The Kier molecular flexibility index (Phi) is 6.39. The zero-order valence-corrected chi connectivity index (χ0v) is 25.3. The molecule has 3 aromatic heterocycles. The Labute approximate surface area is 271 Å². The van der Waals surface area contributed by atoms with E-state index in [2.05, 4.69) is 89.5 Å². The molecule has 0 aliphatic rings. The summed E-state index contributed by atoms with van der Waals surface area (Å²) < 4.78 is 2.27. The summed E-state index contributed by atoms with van der Waals surface area (Å²) in [7, 11) is 0. The van der Waals surface area contributed by atoms with Gasteiger partial charge < -0.3 is 0 Å². The second-order valence-corrected chi connectivity index (χ2v) is 11.6. The third-order valence-electron chi connectivity index (χ3n) is 8.70. The molecule has 5 nitrogen and oxygen atoms in total. The molecule has 0 radical (unpaired) electrons. The van der Waals surface area contributed by atoms with Crippen molar-refractivity contribution in [2.45, 2.75) is 0 Å². The molecule has 0 saturated heterocycles. The van der Waals surface area contributed by atoms with Crippen LogP contribution in [0, 0.1) is 0 Å². The first kappa shape index (κ1) is 26.9. The van der Waals surface area contributed by atoms with E-state index in [1.165, 1.54) is 27.1 Å². The highest BCUT2D eigenvalue weighted by molar-refractivity contribution is 6.21. The standard InChI is InChI=1S/C42H27N5/c1-4-12-28(13-5-1)32-20-22-35-37(26-32)47(36-23-21-29-14-10-11-19-34(29)39(35)36)38-27-33(24-25-43-38)42-45-40(30-15-6-2-7-16-30)44-41(46-42)31-17-8-3-9-18-31/h1-27H. The molecule has 0 fully saturated rings. The highest BCUT2D eigenvalue weighted by atomic mass is 15.1. The fourth-order valence-corrected chi connectivity index (χ4v) is 6.46. The summed E-state index contributed by atoms with van der Waals surface area (Å²) in [5.41, 5.74) is 7.24. The van der Waals surface area contributed by atoms with Crippen LogP contribution in [-0.2, 0) is 0 Å². The Balaban J connectivity index is 1.28. The molecule has 5 heteroatoms. The fourth-order valence-electron chi connectivity index (χ4n) is 6.46. The maximum absolute atomic E-state index is 4.98. The topological polar surface area (TPSA) is 56.5 Å². The average molecular weight is 602 g/mol. The fraction of sp³-hybridized carbons (Fsp3) is 0. The van der Waals surface area contributed by atoms with E-state index < -0.39 is 0 Å². The van der Waals surface area contributed by atoms with Crippen LogP contribution in [0.1, 0.15) is 0 Å². The van der Waals surface area contributed by atoms with Crippen LogP contribution in [0.3, 0.4) is 0 Å². The lowest BCUT2D eigenvalue weighted by atomic mass is 10.0. The highest BCUT2D eigenvalue weighted by Gasteiger charge is 2.18. The van der Waals surface area contributed by atoms with Crippen LogP contribution in [0.15, 0.2) is 164 Å². The number of benzene rings is 6. The maximum Gasteiger partial charge on any atom is 0.164 e. The van der Waals surface area contributed by atoms with Crippen LogP contribution < -0.4 is 0 Å². The van der Waals surface area contributed by atoms with Crippen LogP contribution in [0.5, 0.6) is 0 Å². The lowest BCUT2D eigenvalue weighted by Crippen LogP contribution is -2.02. The largest absolute Gasteiger partial charge is 0.294 e. The third-order valence-corrected chi connectivity index (χ3v) is 8.70. The van der Waals surface area contributed by atoms with Gasteiger partial charge in [0.2, 0.25) is 0 Å². The predicted molar refractivity (Wildman–Crippen MR) is 191 cm³/mol. The normalized spacial score (nSPS) is 11.4. The quantitative estimate of drug-likeness (QED) is 0.197. The minimum Gasteiger partial charge on any atom is -0.294 e. The molecule has 0 spiro atoms. The van der Waals surface area contributed by atoms with E-state index in [0.717, 1.165) is 39.1 Å². The van der Waals surface area contributed by atoms with Crippen molar-refractivity contribution in [2.75, 3.05) is 0 Å². The van der Waals surface area contributed by atoms with Crippen LogP contribution in [0.4, 0.5) is 0 Å². The van der Waals surface area contributed by atoms with Gasteiger partial charge in [0.15, 0.2) is 17.5 Å². The van der Waals surface area contributed by atoms with Crippen molar-refractivity contribution in [3.8, 4) is 51.1 Å². The Morgan fingerprint density at radius 1 is 0.383 bits per heavy atom. The zero-order chi connectivity index (χ0) is 31.2. The van der Waals surface area contributed by atoms with Crippen molar-refractivity contribution in [2.24, 2.45) is 0 Å². The molecule has 0 aliphatic heterocycles. The Bertz CT molecular complexity index is 2500. The average Bonchev–Trinajstić information content (AvgIpc) is 3.50. The van der Waals surface area contributed by atoms with Crippen LogP contribution in [0.25, 0.3) is 83.7 Å². The predicted octanol–water partition coefficient (Wildman–Crippen LogP) is 10.2. The van der Waals surface area contributed by atoms with Gasteiger partial charge in [-0.05, 0) is 46.2 Å². The molecule has 6 aromatic carbocycles. The Morgan fingerprint density at radius 3 is 1.66 bits per heavy atom. The van der Waals surface area contributed by atoms with Crippen molar-refractivity contribution in [1.82, 2.24) is 24.5 Å². The molecular weight excluding hydrogens is 574 g/mol. The van der Waals surface area contributed by atoms with Crippen molar-refractivity contribution < 1.29 is 0 Å². The molecule has 0 atom stereocenters. The highest BCUT2D eigenvalue weighted by Crippen LogP contribution is 2.38. The monoisotopic (exact) mass is 601 g/mol. The number of pyridine rings is 1. The number of rotatable bonds is 5. The van der Waals surface area contributed by atoms with Gasteiger partial charge in [-0.3, -0.25) is 4.57 Å². The van der Waals surface area contributed by atoms with Crippen molar-refractivity contribution in [3.05, 3.63) is 164 Å². The van der Waals surface area contributed by atoms with E-state index in [-0.39, 0.29) is 0 Å². The number of hydrogen-bond donors (Lipinski definition) is 0. The number of aromatic nitrogens is 5. The van der Waals surface area contributed by atoms with Gasteiger partial charge in [-0.2, -0.15) is 0 Å². The van der Waals surface area contributed by atoms with Crippen LogP contribution in [-0.4, -0.2) is 24.5 Å². The summed E-state index contributed by atoms with van der Waals surface area (Å²) >= 11 is 0. The second-order valence-electron chi connectivity index (χ2n) is 11.6. The van der Waals surface area contributed by atoms with Crippen LogP contribution >= 0.6 is 0 Å². The lowest BCUT2D eigenvalue weighted by Gasteiger charge is -2.11. The first-order valence-electron chi connectivity index (χ1n) is 15.7. The maximum atomic E-state index is 4.98. The molecule has 3 heterocycles. The Hall–Kier alpha value is -6.46. The van der Waals surface area contributed by atoms with Gasteiger partial charge in [0.05, 0.1) is 11.0 Å². The second kappa shape index (κ2) is 11.2. The molecule has 0 saturated carbocycles. The molecule has 47 heavy (non-hydrogen) atoms. The molecule has 220 valence electrons. The van der Waals surface area contributed by atoms with E-state index in [1.54, 1.807) is 0 Å². The van der Waals surface area contributed by atoms with Crippen molar-refractivity contribution in [3.63, 3.8) is 0 Å². The summed E-state index contributed by atoms with van der Waals surface area (Å²) in [4.78, 5) is 19.8. The summed E-state index contributed by atoms with van der Waals surface area (Å²) in [5, 5.41) is 4.82. The van der Waals surface area contributed by atoms with E-state index >= 15 is 0 Å². The molecule has 0 bridgehead atoms. The zero-order valence-electron chi connectivity index (χ0n) is 25.3. The molecule has 0 amide bonds.